The Morgan fingerprint density at radius 3 is 2.53 bits per heavy atom. The molecule has 32 heavy (non-hydrogen) atoms. The molecule has 0 unspecified atom stereocenters. The van der Waals surface area contributed by atoms with Crippen molar-refractivity contribution < 1.29 is 18.1 Å². The summed E-state index contributed by atoms with van der Waals surface area (Å²) in [6, 6.07) is 12.0. The number of thiazole rings is 1. The van der Waals surface area contributed by atoms with Crippen molar-refractivity contribution in [3.05, 3.63) is 48.2 Å². The molecule has 0 bridgehead atoms. The quantitative estimate of drug-likeness (QED) is 0.204. The first-order chi connectivity index (χ1) is 15.1. The van der Waals surface area contributed by atoms with Gasteiger partial charge in [0.2, 0.25) is 0 Å². The maximum Gasteiger partial charge on any atom is 0.294 e. The Balaban J connectivity index is 0.000000186. The average Bonchev–Trinajstić information content (AvgIpc) is 3.25. The van der Waals surface area contributed by atoms with Gasteiger partial charge in [-0.3, -0.25) is 4.55 Å². The second kappa shape index (κ2) is 9.75. The van der Waals surface area contributed by atoms with Crippen molar-refractivity contribution in [2.24, 2.45) is 0 Å². The molecule has 2 heterocycles. The van der Waals surface area contributed by atoms with Gasteiger partial charge in [0.1, 0.15) is 0 Å². The van der Waals surface area contributed by atoms with Crippen molar-refractivity contribution in [2.75, 3.05) is 29.6 Å². The first kappa shape index (κ1) is 23.8. The highest BCUT2D eigenvalue weighted by atomic mass is 32.2. The third kappa shape index (κ3) is 5.49. The molecule has 13 heteroatoms. The van der Waals surface area contributed by atoms with Gasteiger partial charge in [-0.15, -0.1) is 11.8 Å². The number of hydrogen-bond acceptors (Lipinski definition) is 10. The Labute approximate surface area is 192 Å². The van der Waals surface area contributed by atoms with Gasteiger partial charge in [0, 0.05) is 10.6 Å². The Hall–Kier alpha value is -2.84. The zero-order valence-corrected chi connectivity index (χ0v) is 19.4. The highest BCUT2D eigenvalue weighted by Crippen LogP contribution is 2.26. The molecule has 0 aliphatic carbocycles. The van der Waals surface area contributed by atoms with Crippen LogP contribution < -0.4 is 17.2 Å². The molecule has 4 aromatic rings. The zero-order chi connectivity index (χ0) is 23.5. The van der Waals surface area contributed by atoms with Crippen LogP contribution in [0.5, 0.6) is 0 Å². The van der Waals surface area contributed by atoms with Gasteiger partial charge in [-0.1, -0.05) is 17.4 Å². The van der Waals surface area contributed by atoms with E-state index in [1.807, 2.05) is 31.2 Å². The molecule has 2 aromatic heterocycles. The van der Waals surface area contributed by atoms with Crippen LogP contribution >= 0.6 is 23.1 Å². The highest BCUT2D eigenvalue weighted by Gasteiger charge is 2.12. The van der Waals surface area contributed by atoms with E-state index in [1.165, 1.54) is 23.5 Å². The summed E-state index contributed by atoms with van der Waals surface area (Å²) in [5, 5.41) is 13.5. The lowest BCUT2D eigenvalue weighted by molar-refractivity contribution is 0.322. The van der Waals surface area contributed by atoms with Gasteiger partial charge in [0.15, 0.2) is 10.9 Å². The van der Waals surface area contributed by atoms with Gasteiger partial charge >= 0.3 is 0 Å². The Morgan fingerprint density at radius 2 is 1.91 bits per heavy atom. The van der Waals surface area contributed by atoms with Crippen molar-refractivity contribution in [1.82, 2.24) is 14.8 Å². The van der Waals surface area contributed by atoms with Crippen molar-refractivity contribution in [2.45, 2.75) is 16.7 Å². The van der Waals surface area contributed by atoms with E-state index in [2.05, 4.69) is 10.1 Å². The van der Waals surface area contributed by atoms with Gasteiger partial charge in [0.05, 0.1) is 38.8 Å². The Morgan fingerprint density at radius 1 is 1.16 bits per heavy atom. The molecule has 0 spiro atoms. The molecular weight excluding hydrogens is 472 g/mol. The van der Waals surface area contributed by atoms with E-state index in [4.69, 9.17) is 26.9 Å². The third-order valence-corrected chi connectivity index (χ3v) is 6.93. The SMILES string of the molecule is Cc1nn(-c2cccc(SCCO)c2)c(N)c1N.Nc1nc2cc(S(=O)(=O)O)ccc2s1. The van der Waals surface area contributed by atoms with Crippen LogP contribution in [0.2, 0.25) is 0 Å². The average molecular weight is 495 g/mol. The summed E-state index contributed by atoms with van der Waals surface area (Å²) in [5.41, 5.74) is 19.8. The van der Waals surface area contributed by atoms with E-state index in [1.54, 1.807) is 22.5 Å². The summed E-state index contributed by atoms with van der Waals surface area (Å²) in [6.07, 6.45) is 0. The molecule has 0 fully saturated rings. The second-order valence-corrected chi connectivity index (χ2v) is 10.2. The number of aliphatic hydroxyl groups excluding tert-OH is 1. The number of hydrogen-bond donors (Lipinski definition) is 5. The number of aromatic nitrogens is 3. The number of anilines is 3. The predicted octanol–water partition coefficient (Wildman–Crippen LogP) is 2.55. The van der Waals surface area contributed by atoms with Gasteiger partial charge in [-0.05, 0) is 43.3 Å². The number of rotatable bonds is 5. The summed E-state index contributed by atoms with van der Waals surface area (Å²) >= 11 is 2.84. The lowest BCUT2D eigenvalue weighted by atomic mass is 10.3. The van der Waals surface area contributed by atoms with E-state index in [0.29, 0.717) is 27.9 Å². The normalized spacial score (nSPS) is 11.3. The first-order valence-corrected chi connectivity index (χ1v) is 12.4. The van der Waals surface area contributed by atoms with Gasteiger partial charge < -0.3 is 22.3 Å². The van der Waals surface area contributed by atoms with E-state index in [0.717, 1.165) is 21.0 Å². The summed E-state index contributed by atoms with van der Waals surface area (Å²) in [6.45, 7) is 1.98. The van der Waals surface area contributed by atoms with Crippen LogP contribution in [-0.4, -0.2) is 45.2 Å². The molecule has 0 amide bonds. The fraction of sp³-hybridized carbons (Fsp3) is 0.158. The monoisotopic (exact) mass is 494 g/mol. The number of aryl methyl sites for hydroxylation is 1. The molecule has 0 atom stereocenters. The van der Waals surface area contributed by atoms with Crippen LogP contribution in [0.3, 0.4) is 0 Å². The summed E-state index contributed by atoms with van der Waals surface area (Å²) in [5.74, 6) is 1.12. The summed E-state index contributed by atoms with van der Waals surface area (Å²) in [7, 11) is -4.16. The fourth-order valence-corrected chi connectivity index (χ4v) is 4.63. The second-order valence-electron chi connectivity index (χ2n) is 6.52. The number of benzene rings is 2. The standard InChI is InChI=1S/C12H16N4OS.C7H6N2O3S2/c1-8-11(13)12(14)16(15-8)9-3-2-4-10(7-9)18-6-5-17;8-7-9-5-3-4(14(10,11)12)1-2-6(5)13-7/h2-4,7,17H,5-6,13-14H2,1H3;1-3H,(H2,8,9)(H,10,11,12). The van der Waals surface area contributed by atoms with E-state index >= 15 is 0 Å². The number of nitrogen functional groups attached to an aromatic ring is 3. The van der Waals surface area contributed by atoms with Crippen molar-refractivity contribution in [3.63, 3.8) is 0 Å². The molecule has 4 rings (SSSR count). The summed E-state index contributed by atoms with van der Waals surface area (Å²) < 4.78 is 32.8. The number of nitrogens with zero attached hydrogens (tertiary/aromatic N) is 3. The van der Waals surface area contributed by atoms with E-state index in [-0.39, 0.29) is 11.5 Å². The van der Waals surface area contributed by atoms with E-state index in [9.17, 15) is 8.42 Å². The minimum Gasteiger partial charge on any atom is -0.396 e. The predicted molar refractivity (Wildman–Crippen MR) is 129 cm³/mol. The Kier molecular flexibility index (Phi) is 7.26. The lowest BCUT2D eigenvalue weighted by Crippen LogP contribution is -2.03. The van der Waals surface area contributed by atoms with Gasteiger partial charge in [-0.25, -0.2) is 9.67 Å². The third-order valence-electron chi connectivity index (χ3n) is 4.24. The van der Waals surface area contributed by atoms with Crippen LogP contribution in [0.1, 0.15) is 5.69 Å². The number of nitrogens with two attached hydrogens (primary N) is 3. The van der Waals surface area contributed by atoms with Crippen LogP contribution in [0, 0.1) is 6.92 Å². The minimum absolute atomic E-state index is 0.158. The maximum atomic E-state index is 10.8. The van der Waals surface area contributed by atoms with Crippen LogP contribution in [0.15, 0.2) is 52.3 Å². The largest absolute Gasteiger partial charge is 0.396 e. The smallest absolute Gasteiger partial charge is 0.294 e. The number of aliphatic hydroxyl groups is 1. The minimum atomic E-state index is -4.16. The van der Waals surface area contributed by atoms with Gasteiger partial charge in [-0.2, -0.15) is 13.5 Å². The van der Waals surface area contributed by atoms with Gasteiger partial charge in [0.25, 0.3) is 10.1 Å². The van der Waals surface area contributed by atoms with Crippen LogP contribution in [0.25, 0.3) is 15.9 Å². The maximum absolute atomic E-state index is 10.8. The highest BCUT2D eigenvalue weighted by molar-refractivity contribution is 7.99. The zero-order valence-electron chi connectivity index (χ0n) is 17.0. The molecule has 170 valence electrons. The van der Waals surface area contributed by atoms with Crippen LogP contribution in [-0.2, 0) is 10.1 Å². The van der Waals surface area contributed by atoms with Crippen molar-refractivity contribution in [1.29, 1.82) is 0 Å². The molecule has 10 nitrogen and oxygen atoms in total. The molecule has 8 N–H and O–H groups in total. The molecule has 0 saturated carbocycles. The van der Waals surface area contributed by atoms with Crippen molar-refractivity contribution in [3.8, 4) is 5.69 Å². The van der Waals surface area contributed by atoms with Crippen molar-refractivity contribution >= 4 is 60.1 Å². The molecule has 0 aliphatic rings. The molecule has 0 saturated heterocycles. The number of thioether (sulfide) groups is 1. The molecule has 0 radical (unpaired) electrons. The van der Waals surface area contributed by atoms with E-state index < -0.39 is 10.1 Å². The Bertz CT molecular complexity index is 1350. The van der Waals surface area contributed by atoms with Crippen LogP contribution in [0.4, 0.5) is 16.6 Å². The topological polar surface area (TPSA) is 183 Å². The first-order valence-electron chi connectivity index (χ1n) is 9.18. The molecular formula is C19H22N6O4S3. The summed E-state index contributed by atoms with van der Waals surface area (Å²) in [4.78, 5) is 4.80. The lowest BCUT2D eigenvalue weighted by Gasteiger charge is -2.06. The molecule has 2 aromatic carbocycles. The molecule has 0 aliphatic heterocycles. The number of fused-ring (bicyclic) bond motifs is 1. The fourth-order valence-electron chi connectivity index (χ4n) is 2.71.